The van der Waals surface area contributed by atoms with E-state index in [0.717, 1.165) is 31.7 Å². The molecule has 1 aliphatic heterocycles. The molecule has 0 aromatic heterocycles. The van der Waals surface area contributed by atoms with Crippen molar-refractivity contribution in [2.75, 3.05) is 25.1 Å². The van der Waals surface area contributed by atoms with Crippen molar-refractivity contribution in [1.29, 1.82) is 0 Å². The fourth-order valence-corrected chi connectivity index (χ4v) is 2.94. The molecule has 0 bridgehead atoms. The van der Waals surface area contributed by atoms with Gasteiger partial charge in [0, 0.05) is 18.8 Å². The van der Waals surface area contributed by atoms with Gasteiger partial charge in [-0.25, -0.2) is 0 Å². The number of allylic oxidation sites excluding steroid dienone is 2. The van der Waals surface area contributed by atoms with Crippen molar-refractivity contribution in [2.24, 2.45) is 5.92 Å². The molecule has 18 heavy (non-hydrogen) atoms. The Morgan fingerprint density at radius 3 is 2.50 bits per heavy atom. The summed E-state index contributed by atoms with van der Waals surface area (Å²) in [5.74, 6) is 1.34. The summed E-state index contributed by atoms with van der Waals surface area (Å²) in [6.45, 7) is 8.11. The number of nitrogens with zero attached hydrogens (tertiary/aromatic N) is 1. The Morgan fingerprint density at radius 1 is 1.33 bits per heavy atom. The summed E-state index contributed by atoms with van der Waals surface area (Å²) >= 11 is 1.83. The Balaban J connectivity index is 2.58. The lowest BCUT2D eigenvalue weighted by Gasteiger charge is -2.18. The molecule has 0 aliphatic carbocycles. The van der Waals surface area contributed by atoms with E-state index in [1.165, 1.54) is 11.1 Å². The highest BCUT2D eigenvalue weighted by Crippen LogP contribution is 2.15. The van der Waals surface area contributed by atoms with Gasteiger partial charge in [-0.3, -0.25) is 4.79 Å². The van der Waals surface area contributed by atoms with Gasteiger partial charge in [0.1, 0.15) is 0 Å². The van der Waals surface area contributed by atoms with Gasteiger partial charge >= 0.3 is 0 Å². The average Bonchev–Trinajstić information content (AvgIpc) is 2.81. The van der Waals surface area contributed by atoms with Crippen LogP contribution in [0.2, 0.25) is 0 Å². The average molecular weight is 267 g/mol. The molecular weight excluding hydrogens is 242 g/mol. The molecule has 1 fully saturated rings. The van der Waals surface area contributed by atoms with Crippen molar-refractivity contribution in [3.05, 3.63) is 23.3 Å². The predicted molar refractivity (Wildman–Crippen MR) is 80.9 cm³/mol. The largest absolute Gasteiger partial charge is 0.342 e. The van der Waals surface area contributed by atoms with Crippen LogP contribution in [0.4, 0.5) is 0 Å². The molecule has 1 aliphatic rings. The highest BCUT2D eigenvalue weighted by molar-refractivity contribution is 7.98. The van der Waals surface area contributed by atoms with Crippen LogP contribution in [0.3, 0.4) is 0 Å². The molecule has 0 N–H and O–H groups in total. The van der Waals surface area contributed by atoms with E-state index in [2.05, 4.69) is 32.3 Å². The predicted octanol–water partition coefficient (Wildman–Crippen LogP) is 3.50. The molecule has 0 radical (unpaired) electrons. The molecule has 0 aromatic rings. The lowest BCUT2D eigenvalue weighted by molar-refractivity contribution is -0.132. The van der Waals surface area contributed by atoms with Crippen LogP contribution in [0, 0.1) is 5.92 Å². The number of hydrogen-bond donors (Lipinski definition) is 0. The normalized spacial score (nSPS) is 19.2. The van der Waals surface area contributed by atoms with Crippen LogP contribution in [0.5, 0.6) is 0 Å². The second-order valence-corrected chi connectivity index (χ2v) is 6.02. The monoisotopic (exact) mass is 267 g/mol. The maximum Gasteiger partial charge on any atom is 0.229 e. The number of thioether (sulfide) groups is 1. The van der Waals surface area contributed by atoms with Crippen molar-refractivity contribution in [3.8, 4) is 0 Å². The summed E-state index contributed by atoms with van der Waals surface area (Å²) in [5, 5.41) is 0. The van der Waals surface area contributed by atoms with Crippen LogP contribution in [-0.2, 0) is 4.79 Å². The fraction of sp³-hybridized carbons (Fsp3) is 0.667. The standard InChI is InChI=1S/C15H25NOS/c1-12(9-13(2)11-18-4)10-14(3)15(17)16-7-5-6-8-16/h9-10,14H,5-8,11H2,1-4H3/b12-10-,13-9-. The van der Waals surface area contributed by atoms with E-state index in [0.29, 0.717) is 0 Å². The first-order valence-electron chi connectivity index (χ1n) is 6.68. The first kappa shape index (κ1) is 15.4. The minimum Gasteiger partial charge on any atom is -0.342 e. The van der Waals surface area contributed by atoms with Crippen molar-refractivity contribution < 1.29 is 4.79 Å². The molecule has 1 unspecified atom stereocenters. The van der Waals surface area contributed by atoms with Gasteiger partial charge in [-0.15, -0.1) is 0 Å². The van der Waals surface area contributed by atoms with Crippen molar-refractivity contribution >= 4 is 17.7 Å². The number of carbonyl (C=O) groups excluding carboxylic acids is 1. The lowest BCUT2D eigenvalue weighted by atomic mass is 10.1. The molecule has 0 saturated carbocycles. The molecule has 1 saturated heterocycles. The first-order valence-corrected chi connectivity index (χ1v) is 8.07. The van der Waals surface area contributed by atoms with E-state index in [1.807, 2.05) is 23.6 Å². The summed E-state index contributed by atoms with van der Waals surface area (Å²) < 4.78 is 0. The number of likely N-dealkylation sites (tertiary alicyclic amines) is 1. The third kappa shape index (κ3) is 4.89. The van der Waals surface area contributed by atoms with Crippen LogP contribution >= 0.6 is 11.8 Å². The van der Waals surface area contributed by atoms with Gasteiger partial charge in [-0.05, 0) is 32.9 Å². The fourth-order valence-electron chi connectivity index (χ4n) is 2.40. The molecule has 0 spiro atoms. The van der Waals surface area contributed by atoms with E-state index in [4.69, 9.17) is 0 Å². The second kappa shape index (κ2) is 7.67. The molecule has 2 nitrogen and oxygen atoms in total. The third-order valence-corrected chi connectivity index (χ3v) is 3.91. The van der Waals surface area contributed by atoms with Crippen LogP contribution < -0.4 is 0 Å². The van der Waals surface area contributed by atoms with Gasteiger partial charge in [0.2, 0.25) is 5.91 Å². The van der Waals surface area contributed by atoms with E-state index in [-0.39, 0.29) is 11.8 Å². The second-order valence-electron chi connectivity index (χ2n) is 5.16. The molecule has 1 rings (SSSR count). The van der Waals surface area contributed by atoms with Gasteiger partial charge in [-0.2, -0.15) is 11.8 Å². The van der Waals surface area contributed by atoms with Gasteiger partial charge in [-0.1, -0.05) is 30.2 Å². The molecule has 0 aromatic carbocycles. The van der Waals surface area contributed by atoms with Gasteiger partial charge in [0.25, 0.3) is 0 Å². The number of carbonyl (C=O) groups is 1. The lowest BCUT2D eigenvalue weighted by Crippen LogP contribution is -2.31. The Kier molecular flexibility index (Phi) is 6.55. The molecule has 3 heteroatoms. The van der Waals surface area contributed by atoms with Gasteiger partial charge < -0.3 is 4.90 Å². The third-order valence-electron chi connectivity index (χ3n) is 3.17. The minimum atomic E-state index is 0.00132. The molecular formula is C15H25NOS. The molecule has 1 heterocycles. The topological polar surface area (TPSA) is 20.3 Å². The zero-order chi connectivity index (χ0) is 13.5. The summed E-state index contributed by atoms with van der Waals surface area (Å²) in [4.78, 5) is 14.1. The Labute approximate surface area is 116 Å². The summed E-state index contributed by atoms with van der Waals surface area (Å²) in [7, 11) is 0. The van der Waals surface area contributed by atoms with Crippen LogP contribution in [-0.4, -0.2) is 35.9 Å². The highest BCUT2D eigenvalue weighted by Gasteiger charge is 2.21. The number of rotatable bonds is 5. The minimum absolute atomic E-state index is 0.00132. The summed E-state index contributed by atoms with van der Waals surface area (Å²) in [6, 6.07) is 0. The van der Waals surface area contributed by atoms with E-state index < -0.39 is 0 Å². The van der Waals surface area contributed by atoms with Crippen LogP contribution in [0.1, 0.15) is 33.6 Å². The molecule has 102 valence electrons. The summed E-state index contributed by atoms with van der Waals surface area (Å²) in [5.41, 5.74) is 2.55. The Hall–Kier alpha value is -0.700. The van der Waals surface area contributed by atoms with Crippen molar-refractivity contribution in [1.82, 2.24) is 4.90 Å². The molecule has 1 amide bonds. The van der Waals surface area contributed by atoms with Crippen molar-refractivity contribution in [2.45, 2.75) is 33.6 Å². The van der Waals surface area contributed by atoms with Crippen LogP contribution in [0.15, 0.2) is 23.3 Å². The number of amides is 1. The van der Waals surface area contributed by atoms with E-state index in [1.54, 1.807) is 0 Å². The molecule has 1 atom stereocenters. The highest BCUT2D eigenvalue weighted by atomic mass is 32.2. The Bertz CT molecular complexity index is 340. The maximum absolute atomic E-state index is 12.1. The smallest absolute Gasteiger partial charge is 0.229 e. The first-order chi connectivity index (χ1) is 8.54. The maximum atomic E-state index is 12.1. The zero-order valence-corrected chi connectivity index (χ0v) is 12.8. The van der Waals surface area contributed by atoms with Crippen molar-refractivity contribution in [3.63, 3.8) is 0 Å². The quantitative estimate of drug-likeness (QED) is 0.711. The van der Waals surface area contributed by atoms with E-state index >= 15 is 0 Å². The zero-order valence-electron chi connectivity index (χ0n) is 12.0. The van der Waals surface area contributed by atoms with E-state index in [9.17, 15) is 4.79 Å². The number of hydrogen-bond acceptors (Lipinski definition) is 2. The SMILES string of the molecule is CSC/C(C)=C\C(C)=C/C(C)C(=O)N1CCCC1. The van der Waals surface area contributed by atoms with Gasteiger partial charge in [0.05, 0.1) is 5.92 Å². The van der Waals surface area contributed by atoms with Crippen LogP contribution in [0.25, 0.3) is 0 Å². The summed E-state index contributed by atoms with van der Waals surface area (Å²) in [6.07, 6.45) is 8.70. The Morgan fingerprint density at radius 2 is 1.94 bits per heavy atom. The van der Waals surface area contributed by atoms with Gasteiger partial charge in [0.15, 0.2) is 0 Å².